The molecule has 126 heavy (non-hydrogen) atoms. The van der Waals surface area contributed by atoms with E-state index in [9.17, 15) is 17.6 Å². The average molecular weight is 1810 g/mol. The summed E-state index contributed by atoms with van der Waals surface area (Å²) in [6.07, 6.45) is 10.1. The monoisotopic (exact) mass is 1810 g/mol. The molecule has 658 valence electrons. The van der Waals surface area contributed by atoms with Gasteiger partial charge in [0.05, 0.1) is 21.9 Å². The van der Waals surface area contributed by atoms with E-state index < -0.39 is 0 Å². The van der Waals surface area contributed by atoms with Gasteiger partial charge in [-0.05, 0) is 265 Å². The Hall–Kier alpha value is -9.95. The van der Waals surface area contributed by atoms with Crippen LogP contribution in [0.3, 0.4) is 0 Å². The van der Waals surface area contributed by atoms with Gasteiger partial charge in [-0.15, -0.1) is 0 Å². The van der Waals surface area contributed by atoms with Gasteiger partial charge in [0.15, 0.2) is 0 Å². The van der Waals surface area contributed by atoms with Gasteiger partial charge < -0.3 is 0 Å². The van der Waals surface area contributed by atoms with Crippen LogP contribution in [-0.4, -0.2) is 34.9 Å². The third-order valence-electron chi connectivity index (χ3n) is 21.5. The summed E-state index contributed by atoms with van der Waals surface area (Å²) < 4.78 is 52.8. The van der Waals surface area contributed by atoms with Crippen molar-refractivity contribution < 1.29 is 17.6 Å². The lowest BCUT2D eigenvalue weighted by Gasteiger charge is -2.21. The number of aryl methyl sites for hydroxylation is 4. The molecule has 7 aromatic heterocycles. The molecule has 7 atom stereocenters. The second-order valence-electron chi connectivity index (χ2n) is 34.1. The van der Waals surface area contributed by atoms with Crippen LogP contribution in [0.1, 0.15) is 240 Å². The van der Waals surface area contributed by atoms with Gasteiger partial charge >= 0.3 is 0 Å². The van der Waals surface area contributed by atoms with Crippen molar-refractivity contribution in [3.8, 4) is 0 Å². The molecule has 7 nitrogen and oxygen atoms in total. The van der Waals surface area contributed by atoms with E-state index in [-0.39, 0.29) is 58.8 Å². The minimum atomic E-state index is -0.308. The van der Waals surface area contributed by atoms with Crippen molar-refractivity contribution in [2.24, 2.45) is 41.4 Å². The third kappa shape index (κ3) is 31.5. The van der Waals surface area contributed by atoms with E-state index in [0.717, 1.165) is 66.5 Å². The zero-order valence-corrected chi connectivity index (χ0v) is 79.8. The van der Waals surface area contributed by atoms with Crippen LogP contribution in [0.25, 0.3) is 0 Å². The number of nitrogens with zero attached hydrogens (tertiary/aromatic N) is 7. The van der Waals surface area contributed by atoms with Crippen molar-refractivity contribution in [2.45, 2.75) is 166 Å². The Morgan fingerprint density at radius 3 is 0.738 bits per heavy atom. The topological polar surface area (TPSA) is 90.2 Å². The van der Waals surface area contributed by atoms with Crippen molar-refractivity contribution in [1.82, 2.24) is 34.9 Å². The van der Waals surface area contributed by atoms with E-state index in [4.69, 9.17) is 69.6 Å². The number of hydrogen-bond acceptors (Lipinski definition) is 7. The second kappa shape index (κ2) is 50.6. The molecule has 0 aliphatic carbocycles. The number of pyridine rings is 7. The van der Waals surface area contributed by atoms with Crippen LogP contribution in [0.15, 0.2) is 298 Å². The molecule has 7 aromatic carbocycles. The molecule has 7 unspecified atom stereocenters. The first-order chi connectivity index (χ1) is 60.0. The number of rotatable bonds is 21. The molecule has 0 amide bonds. The number of hydrogen-bond donors (Lipinski definition) is 0. The fourth-order valence-electron chi connectivity index (χ4n) is 15.4. The standard InChI is InChI=1S/C17H21N.C16H18ClN.C16H18FN.C15H15Cl2N.3C15H15ClFN/c1-12(2)17(15-8-5-13(3)6-9-15)16-10-7-14(4)11-18-16;1-11(2)16(13-5-7-14(17)8-6-13)15-9-4-12(3)10-18-15;1-11(2)16(13-7-9-14(17)10-8-13)15-6-4-5-12(3)18-15;1-10(2)15(11-3-5-12(16)6-4-11)14-8-7-13(17)9-18-14;1-10(2)15(11-3-6-13(17)7-4-11)14-8-5-12(16)9-18-14;1-10(2)15(11-3-5-12(16)6-4-11)14-8-7-13(17)9-18-14;1-10(2)14(11-5-7-12(16)8-6-11)15-13(17)4-3-9-18-15/h5-12,17H,1-4H3;2*4-11,16H,1-3H3;3*3-10,15H,1-2H3;3-10,14H,1-2H3. The first kappa shape index (κ1) is 101. The number of benzene rings is 7. The zero-order chi connectivity index (χ0) is 91.8. The molecule has 0 aliphatic rings. The Bertz CT molecular complexity index is 4700. The van der Waals surface area contributed by atoms with Crippen LogP contribution in [0.2, 0.25) is 30.1 Å². The Morgan fingerprint density at radius 1 is 0.214 bits per heavy atom. The predicted molar refractivity (Wildman–Crippen MR) is 520 cm³/mol. The Kier molecular flexibility index (Phi) is 40.7. The van der Waals surface area contributed by atoms with Crippen molar-refractivity contribution in [1.29, 1.82) is 0 Å². The SMILES string of the molecule is CC(C)C(c1ccc(Cl)cc1)c1ccc(Cl)cn1.CC(C)C(c1ccc(Cl)cc1)c1ccc(F)cn1.CC(C)C(c1ccc(Cl)cc1)c1ncccc1F.CC(C)C(c1ccc(F)cc1)c1ccc(Cl)cn1.Cc1ccc(C(c2ccc(C)cn2)C(C)C)cc1.Cc1ccc(C(c2ccc(Cl)cc2)C(C)C)nc1.Cc1cccc(C(c2ccc(F)cc2)C(C)C)n1. The van der Waals surface area contributed by atoms with E-state index in [1.165, 1.54) is 81.7 Å². The molecule has 0 N–H and O–H groups in total. The zero-order valence-electron chi connectivity index (χ0n) is 75.3. The van der Waals surface area contributed by atoms with Crippen molar-refractivity contribution in [2.75, 3.05) is 0 Å². The first-order valence-electron chi connectivity index (χ1n) is 42.9. The molecule has 0 bridgehead atoms. The van der Waals surface area contributed by atoms with Crippen LogP contribution < -0.4 is 0 Å². The summed E-state index contributed by atoms with van der Waals surface area (Å²) in [7, 11) is 0. The minimum absolute atomic E-state index is 0.0523. The van der Waals surface area contributed by atoms with Crippen molar-refractivity contribution >= 4 is 69.6 Å². The molecular weight excluding hydrogens is 1700 g/mol. The van der Waals surface area contributed by atoms with Crippen molar-refractivity contribution in [3.05, 3.63) is 453 Å². The highest BCUT2D eigenvalue weighted by Crippen LogP contribution is 2.39. The highest BCUT2D eigenvalue weighted by Gasteiger charge is 2.27. The second-order valence-corrected chi connectivity index (χ2v) is 36.7. The van der Waals surface area contributed by atoms with Crippen LogP contribution >= 0.6 is 69.6 Å². The van der Waals surface area contributed by atoms with Gasteiger partial charge in [-0.3, -0.25) is 34.9 Å². The highest BCUT2D eigenvalue weighted by atomic mass is 35.5. The molecule has 0 radical (unpaired) electrons. The van der Waals surface area contributed by atoms with E-state index in [1.807, 2.05) is 159 Å². The first-order valence-corrected chi connectivity index (χ1v) is 45.1. The van der Waals surface area contributed by atoms with E-state index in [2.05, 4.69) is 225 Å². The van der Waals surface area contributed by atoms with Gasteiger partial charge in [-0.2, -0.15) is 0 Å². The largest absolute Gasteiger partial charge is 0.260 e. The number of aromatic nitrogens is 7. The van der Waals surface area contributed by atoms with Crippen LogP contribution in [-0.2, 0) is 0 Å². The maximum atomic E-state index is 13.9. The highest BCUT2D eigenvalue weighted by molar-refractivity contribution is 6.32. The van der Waals surface area contributed by atoms with Gasteiger partial charge in [0.1, 0.15) is 23.3 Å². The Morgan fingerprint density at radius 2 is 0.468 bits per heavy atom. The molecule has 0 fully saturated rings. The fraction of sp³-hybridized carbons (Fsp3) is 0.294. The molecular formula is C109H117Cl6F4N7. The normalized spacial score (nSPS) is 12.7. The van der Waals surface area contributed by atoms with E-state index in [0.29, 0.717) is 73.1 Å². The van der Waals surface area contributed by atoms with Gasteiger partial charge in [-0.25, -0.2) is 17.6 Å². The molecule has 0 aliphatic heterocycles. The van der Waals surface area contributed by atoms with E-state index >= 15 is 0 Å². The van der Waals surface area contributed by atoms with Crippen LogP contribution in [0.5, 0.6) is 0 Å². The van der Waals surface area contributed by atoms with E-state index in [1.54, 1.807) is 30.7 Å². The summed E-state index contributed by atoms with van der Waals surface area (Å²) in [5.74, 6) is 3.40. The van der Waals surface area contributed by atoms with Gasteiger partial charge in [0, 0.05) is 132 Å². The molecule has 0 saturated carbocycles. The molecule has 17 heteroatoms. The summed E-state index contributed by atoms with van der Waals surface area (Å²) in [6.45, 7) is 38.6. The van der Waals surface area contributed by atoms with Crippen LogP contribution in [0, 0.1) is 92.4 Å². The lowest BCUT2D eigenvalue weighted by Crippen LogP contribution is -2.12. The van der Waals surface area contributed by atoms with Gasteiger partial charge in [-0.1, -0.05) is 287 Å². The molecule has 0 saturated heterocycles. The minimum Gasteiger partial charge on any atom is -0.260 e. The predicted octanol–water partition coefficient (Wildman–Crippen LogP) is 32.8. The summed E-state index contributed by atoms with van der Waals surface area (Å²) in [5.41, 5.74) is 19.7. The molecule has 7 heterocycles. The maximum Gasteiger partial charge on any atom is 0.145 e. The van der Waals surface area contributed by atoms with Gasteiger partial charge in [0.2, 0.25) is 0 Å². The lowest BCUT2D eigenvalue weighted by atomic mass is 9.85. The van der Waals surface area contributed by atoms with Gasteiger partial charge in [0.25, 0.3) is 0 Å². The average Bonchev–Trinajstić information content (AvgIpc) is 0.791. The Balaban J connectivity index is 0.000000182. The lowest BCUT2D eigenvalue weighted by molar-refractivity contribution is 0.509. The van der Waals surface area contributed by atoms with Crippen molar-refractivity contribution in [3.63, 3.8) is 0 Å². The summed E-state index contributed by atoms with van der Waals surface area (Å²) in [5, 5.41) is 4.22. The summed E-state index contributed by atoms with van der Waals surface area (Å²) in [6, 6.07) is 81.9. The summed E-state index contributed by atoms with van der Waals surface area (Å²) in [4.78, 5) is 31.0. The molecule has 14 rings (SSSR count). The third-order valence-corrected chi connectivity index (χ3v) is 23.0. The fourth-order valence-corrected chi connectivity index (χ4v) is 16.2. The molecule has 0 spiro atoms. The quantitative estimate of drug-likeness (QED) is 0.0662. The Labute approximate surface area is 776 Å². The smallest absolute Gasteiger partial charge is 0.145 e. The number of halogens is 10. The summed E-state index contributed by atoms with van der Waals surface area (Å²) >= 11 is 35.4. The molecule has 14 aromatic rings. The van der Waals surface area contributed by atoms with Crippen LogP contribution in [0.4, 0.5) is 17.6 Å². The maximum absolute atomic E-state index is 13.9.